The Kier molecular flexibility index (Phi) is 6.06. The summed E-state index contributed by atoms with van der Waals surface area (Å²) < 4.78 is 5.39. The van der Waals surface area contributed by atoms with E-state index in [0.717, 1.165) is 17.7 Å². The molecule has 1 aliphatic heterocycles. The van der Waals surface area contributed by atoms with Crippen molar-refractivity contribution in [1.82, 2.24) is 5.32 Å². The van der Waals surface area contributed by atoms with Crippen molar-refractivity contribution in [2.45, 2.75) is 19.8 Å². The zero-order valence-corrected chi connectivity index (χ0v) is 15.7. The van der Waals surface area contributed by atoms with Gasteiger partial charge in [0.2, 0.25) is 0 Å². The Balaban J connectivity index is 1.78. The quantitative estimate of drug-likeness (QED) is 0.540. The summed E-state index contributed by atoms with van der Waals surface area (Å²) in [6.07, 6.45) is 1.62. The van der Waals surface area contributed by atoms with E-state index in [1.165, 1.54) is 12.1 Å². The summed E-state index contributed by atoms with van der Waals surface area (Å²) >= 11 is 0. The van der Waals surface area contributed by atoms with E-state index in [1.807, 2.05) is 6.92 Å². The van der Waals surface area contributed by atoms with Crippen LogP contribution in [0.4, 0.5) is 5.69 Å². The molecule has 0 saturated carbocycles. The standard InChI is InChI=1S/C21H23N3O4/c1-2-28-16-8-6-15(7-9-16)24-20(26)17-10-5-14(13-18(17)21(24)27)19(25)23-12-4-3-11-22/h5-10,13H,2-4,11-12,22H2,1H3,(H,23,25). The number of carbonyl (C=O) groups is 3. The number of nitrogens with two attached hydrogens (primary N) is 1. The highest BCUT2D eigenvalue weighted by molar-refractivity contribution is 6.34. The lowest BCUT2D eigenvalue weighted by Gasteiger charge is -2.14. The third-order valence-electron chi connectivity index (χ3n) is 4.47. The lowest BCUT2D eigenvalue weighted by molar-refractivity contribution is 0.0923. The zero-order valence-electron chi connectivity index (χ0n) is 15.7. The number of anilines is 1. The SMILES string of the molecule is CCOc1ccc(N2C(=O)c3ccc(C(=O)NCCCCN)cc3C2=O)cc1. The van der Waals surface area contributed by atoms with Crippen molar-refractivity contribution in [2.75, 3.05) is 24.6 Å². The molecular formula is C21H23N3O4. The Morgan fingerprint density at radius 2 is 1.75 bits per heavy atom. The minimum absolute atomic E-state index is 0.230. The highest BCUT2D eigenvalue weighted by Crippen LogP contribution is 2.30. The number of nitrogens with one attached hydrogen (secondary N) is 1. The fraction of sp³-hybridized carbons (Fsp3) is 0.286. The molecule has 0 spiro atoms. The number of unbranched alkanes of at least 4 members (excludes halogenated alkanes) is 1. The van der Waals surface area contributed by atoms with Gasteiger partial charge >= 0.3 is 0 Å². The molecule has 0 fully saturated rings. The van der Waals surface area contributed by atoms with Gasteiger partial charge in [-0.1, -0.05) is 0 Å². The van der Waals surface area contributed by atoms with Crippen LogP contribution in [-0.2, 0) is 0 Å². The van der Waals surface area contributed by atoms with Crippen molar-refractivity contribution in [3.8, 4) is 5.75 Å². The van der Waals surface area contributed by atoms with Gasteiger partial charge in [0.05, 0.1) is 23.4 Å². The number of amides is 3. The number of rotatable bonds is 8. The summed E-state index contributed by atoms with van der Waals surface area (Å²) in [6, 6.07) is 11.3. The molecular weight excluding hydrogens is 358 g/mol. The average molecular weight is 381 g/mol. The molecule has 0 bridgehead atoms. The van der Waals surface area contributed by atoms with E-state index in [4.69, 9.17) is 10.5 Å². The lowest BCUT2D eigenvalue weighted by atomic mass is 10.1. The average Bonchev–Trinajstić information content (AvgIpc) is 2.96. The largest absolute Gasteiger partial charge is 0.494 e. The summed E-state index contributed by atoms with van der Waals surface area (Å²) in [5.74, 6) is -0.461. The smallest absolute Gasteiger partial charge is 0.266 e. The Morgan fingerprint density at radius 3 is 2.43 bits per heavy atom. The number of hydrogen-bond acceptors (Lipinski definition) is 5. The fourth-order valence-electron chi connectivity index (χ4n) is 3.05. The van der Waals surface area contributed by atoms with Gasteiger partial charge in [0.15, 0.2) is 0 Å². The Labute approximate surface area is 163 Å². The Bertz CT molecular complexity index is 893. The minimum Gasteiger partial charge on any atom is -0.494 e. The molecule has 0 aliphatic carbocycles. The van der Waals surface area contributed by atoms with Crippen LogP contribution in [0.2, 0.25) is 0 Å². The van der Waals surface area contributed by atoms with E-state index in [0.29, 0.717) is 42.3 Å². The van der Waals surface area contributed by atoms with E-state index in [1.54, 1.807) is 30.3 Å². The Hall–Kier alpha value is -3.19. The molecule has 7 nitrogen and oxygen atoms in total. The van der Waals surface area contributed by atoms with Gasteiger partial charge in [-0.05, 0) is 68.8 Å². The highest BCUT2D eigenvalue weighted by atomic mass is 16.5. The van der Waals surface area contributed by atoms with Crippen LogP contribution in [0, 0.1) is 0 Å². The van der Waals surface area contributed by atoms with E-state index in [2.05, 4.69) is 5.32 Å². The molecule has 1 heterocycles. The number of nitrogens with zero attached hydrogens (tertiary/aromatic N) is 1. The first-order valence-corrected chi connectivity index (χ1v) is 9.30. The van der Waals surface area contributed by atoms with Gasteiger partial charge < -0.3 is 15.8 Å². The van der Waals surface area contributed by atoms with Crippen molar-refractivity contribution >= 4 is 23.4 Å². The maximum absolute atomic E-state index is 12.8. The molecule has 7 heteroatoms. The number of imide groups is 1. The topological polar surface area (TPSA) is 102 Å². The molecule has 0 unspecified atom stereocenters. The number of fused-ring (bicyclic) bond motifs is 1. The highest BCUT2D eigenvalue weighted by Gasteiger charge is 2.37. The van der Waals surface area contributed by atoms with Gasteiger partial charge in [-0.2, -0.15) is 0 Å². The second-order valence-electron chi connectivity index (χ2n) is 6.38. The predicted octanol–water partition coefficient (Wildman–Crippen LogP) is 2.35. The molecule has 0 radical (unpaired) electrons. The normalized spacial score (nSPS) is 12.9. The van der Waals surface area contributed by atoms with Crippen molar-refractivity contribution < 1.29 is 19.1 Å². The molecule has 3 N–H and O–H groups in total. The fourth-order valence-corrected chi connectivity index (χ4v) is 3.05. The monoisotopic (exact) mass is 381 g/mol. The van der Waals surface area contributed by atoms with Crippen LogP contribution in [0.15, 0.2) is 42.5 Å². The van der Waals surface area contributed by atoms with Crippen LogP contribution in [-0.4, -0.2) is 37.4 Å². The molecule has 2 aromatic rings. The summed E-state index contributed by atoms with van der Waals surface area (Å²) in [4.78, 5) is 38.9. The van der Waals surface area contributed by atoms with E-state index in [-0.39, 0.29) is 11.5 Å². The third-order valence-corrected chi connectivity index (χ3v) is 4.47. The van der Waals surface area contributed by atoms with Crippen molar-refractivity contribution in [3.63, 3.8) is 0 Å². The zero-order chi connectivity index (χ0) is 20.1. The van der Waals surface area contributed by atoms with Crippen molar-refractivity contribution in [1.29, 1.82) is 0 Å². The maximum atomic E-state index is 12.8. The van der Waals surface area contributed by atoms with Crippen LogP contribution in [0.5, 0.6) is 5.75 Å². The molecule has 0 aromatic heterocycles. The van der Waals surface area contributed by atoms with E-state index >= 15 is 0 Å². The van der Waals surface area contributed by atoms with Gasteiger partial charge in [-0.15, -0.1) is 0 Å². The van der Waals surface area contributed by atoms with Gasteiger partial charge in [-0.3, -0.25) is 14.4 Å². The first kappa shape index (κ1) is 19.6. The summed E-state index contributed by atoms with van der Waals surface area (Å²) in [6.45, 7) is 3.50. The van der Waals surface area contributed by atoms with Gasteiger partial charge in [-0.25, -0.2) is 4.90 Å². The molecule has 3 rings (SSSR count). The molecule has 28 heavy (non-hydrogen) atoms. The number of hydrogen-bond donors (Lipinski definition) is 2. The second-order valence-corrected chi connectivity index (χ2v) is 6.38. The minimum atomic E-state index is -0.443. The summed E-state index contributed by atoms with van der Waals surface area (Å²) in [5.41, 5.74) is 6.77. The molecule has 1 aliphatic rings. The van der Waals surface area contributed by atoms with Gasteiger partial charge in [0, 0.05) is 12.1 Å². The van der Waals surface area contributed by atoms with Crippen LogP contribution in [0.3, 0.4) is 0 Å². The van der Waals surface area contributed by atoms with Crippen molar-refractivity contribution in [3.05, 3.63) is 59.2 Å². The van der Waals surface area contributed by atoms with Crippen molar-refractivity contribution in [2.24, 2.45) is 5.73 Å². The lowest BCUT2D eigenvalue weighted by Crippen LogP contribution is -2.29. The van der Waals surface area contributed by atoms with Gasteiger partial charge in [0.1, 0.15) is 5.75 Å². The van der Waals surface area contributed by atoms with E-state index in [9.17, 15) is 14.4 Å². The molecule has 146 valence electrons. The third kappa shape index (κ3) is 3.89. The first-order chi connectivity index (χ1) is 13.6. The van der Waals surface area contributed by atoms with Crippen LogP contribution in [0.25, 0.3) is 0 Å². The Morgan fingerprint density at radius 1 is 1.04 bits per heavy atom. The first-order valence-electron chi connectivity index (χ1n) is 9.30. The van der Waals surface area contributed by atoms with Crippen LogP contribution >= 0.6 is 0 Å². The molecule has 0 saturated heterocycles. The van der Waals surface area contributed by atoms with Gasteiger partial charge in [0.25, 0.3) is 17.7 Å². The predicted molar refractivity (Wildman–Crippen MR) is 106 cm³/mol. The maximum Gasteiger partial charge on any atom is 0.266 e. The number of carbonyl (C=O) groups excluding carboxylic acids is 3. The van der Waals surface area contributed by atoms with E-state index < -0.39 is 11.8 Å². The van der Waals surface area contributed by atoms with Crippen LogP contribution < -0.4 is 20.7 Å². The van der Waals surface area contributed by atoms with Crippen LogP contribution in [0.1, 0.15) is 50.8 Å². The second kappa shape index (κ2) is 8.67. The summed E-state index contributed by atoms with van der Waals surface area (Å²) in [5, 5.41) is 2.79. The number of ether oxygens (including phenoxy) is 1. The number of benzene rings is 2. The molecule has 3 amide bonds. The molecule has 0 atom stereocenters. The molecule has 2 aromatic carbocycles. The summed E-state index contributed by atoms with van der Waals surface area (Å²) in [7, 11) is 0.